The van der Waals surface area contributed by atoms with Crippen molar-refractivity contribution in [3.05, 3.63) is 46.1 Å². The Hall–Kier alpha value is -3.22. The van der Waals surface area contributed by atoms with Crippen LogP contribution in [0.4, 0.5) is 35.0 Å². The molecule has 1 saturated carbocycles. The molecule has 1 aromatic heterocycles. The number of aromatic nitrogens is 2. The number of anilines is 2. The number of para-hydroxylation sites is 1. The summed E-state index contributed by atoms with van der Waals surface area (Å²) >= 11 is 0. The molecular weight excluding hydrogens is 460 g/mol. The summed E-state index contributed by atoms with van der Waals surface area (Å²) in [6.45, 7) is 0.314. The lowest BCUT2D eigenvalue weighted by Crippen LogP contribution is -2.35. The number of alkyl halides is 4. The standard InChI is InChI=1S/C21H26F4N6O3/c22-9-10-26-16-7-5-14(6-8-16)11-27-19-17(31(32)33)13-29-20(30-19)28-12-15-3-1-2-4-18(15)34-21(23,24)25/h1-4,13-14,16,26H,5-12H2,(H2,27,28,29,30). The molecule has 13 heteroatoms. The van der Waals surface area contributed by atoms with E-state index in [0.717, 1.165) is 31.9 Å². The molecule has 0 spiro atoms. The SMILES string of the molecule is O=[N+]([O-])c1cnc(NCc2ccccc2OC(F)(F)F)nc1NCC1CCC(NCCF)CC1. The van der Waals surface area contributed by atoms with E-state index in [-0.39, 0.29) is 47.3 Å². The third kappa shape index (κ3) is 7.68. The van der Waals surface area contributed by atoms with Gasteiger partial charge in [-0.3, -0.25) is 10.1 Å². The number of nitrogens with zero attached hydrogens (tertiary/aromatic N) is 3. The molecule has 3 rings (SSSR count). The van der Waals surface area contributed by atoms with Crippen molar-refractivity contribution in [2.75, 3.05) is 30.4 Å². The maximum Gasteiger partial charge on any atom is 0.573 e. The summed E-state index contributed by atoms with van der Waals surface area (Å²) in [5.74, 6) is -0.0331. The van der Waals surface area contributed by atoms with E-state index >= 15 is 0 Å². The Labute approximate surface area is 193 Å². The Morgan fingerprint density at radius 1 is 1.15 bits per heavy atom. The van der Waals surface area contributed by atoms with Crippen molar-refractivity contribution in [2.24, 2.45) is 5.92 Å². The maximum absolute atomic E-state index is 12.6. The van der Waals surface area contributed by atoms with E-state index in [9.17, 15) is 27.7 Å². The molecule has 0 radical (unpaired) electrons. The van der Waals surface area contributed by atoms with Crippen LogP contribution in [0.15, 0.2) is 30.5 Å². The van der Waals surface area contributed by atoms with Crippen LogP contribution < -0.4 is 20.7 Å². The molecule has 1 aliphatic rings. The second-order valence-corrected chi connectivity index (χ2v) is 7.94. The second-order valence-electron chi connectivity index (χ2n) is 7.94. The predicted octanol–water partition coefficient (Wildman–Crippen LogP) is 4.43. The van der Waals surface area contributed by atoms with Crippen LogP contribution in [0.25, 0.3) is 0 Å². The van der Waals surface area contributed by atoms with Crippen LogP contribution in [-0.2, 0) is 6.54 Å². The van der Waals surface area contributed by atoms with Crippen molar-refractivity contribution in [1.29, 1.82) is 0 Å². The second kappa shape index (κ2) is 11.8. The number of nitrogens with one attached hydrogen (secondary N) is 3. The van der Waals surface area contributed by atoms with Crippen LogP contribution in [-0.4, -0.2) is 47.1 Å². The van der Waals surface area contributed by atoms with Gasteiger partial charge in [-0.25, -0.2) is 9.37 Å². The fourth-order valence-electron chi connectivity index (χ4n) is 3.84. The Morgan fingerprint density at radius 3 is 2.56 bits per heavy atom. The van der Waals surface area contributed by atoms with Gasteiger partial charge >= 0.3 is 12.0 Å². The molecule has 1 fully saturated rings. The monoisotopic (exact) mass is 486 g/mol. The molecule has 3 N–H and O–H groups in total. The highest BCUT2D eigenvalue weighted by atomic mass is 19.4. The first-order valence-electron chi connectivity index (χ1n) is 10.9. The molecule has 186 valence electrons. The topological polar surface area (TPSA) is 114 Å². The molecule has 1 aliphatic carbocycles. The van der Waals surface area contributed by atoms with Crippen LogP contribution in [0, 0.1) is 16.0 Å². The zero-order valence-electron chi connectivity index (χ0n) is 18.3. The van der Waals surface area contributed by atoms with Gasteiger partial charge in [0.15, 0.2) is 0 Å². The molecule has 0 unspecified atom stereocenters. The van der Waals surface area contributed by atoms with Crippen LogP contribution in [0.3, 0.4) is 0 Å². The Morgan fingerprint density at radius 2 is 1.88 bits per heavy atom. The van der Waals surface area contributed by atoms with Gasteiger partial charge in [-0.05, 0) is 37.7 Å². The van der Waals surface area contributed by atoms with E-state index in [2.05, 4.69) is 30.7 Å². The van der Waals surface area contributed by atoms with Gasteiger partial charge < -0.3 is 20.7 Å². The lowest BCUT2D eigenvalue weighted by Gasteiger charge is -2.29. The summed E-state index contributed by atoms with van der Waals surface area (Å²) in [4.78, 5) is 18.9. The highest BCUT2D eigenvalue weighted by molar-refractivity contribution is 5.57. The highest BCUT2D eigenvalue weighted by Crippen LogP contribution is 2.29. The third-order valence-corrected chi connectivity index (χ3v) is 5.53. The summed E-state index contributed by atoms with van der Waals surface area (Å²) < 4.78 is 54.2. The molecular formula is C21H26F4N6O3. The van der Waals surface area contributed by atoms with Gasteiger partial charge in [-0.1, -0.05) is 18.2 Å². The van der Waals surface area contributed by atoms with Crippen LogP contribution in [0.1, 0.15) is 31.2 Å². The van der Waals surface area contributed by atoms with Crippen molar-refractivity contribution in [3.8, 4) is 5.75 Å². The first kappa shape index (κ1) is 25.4. The van der Waals surface area contributed by atoms with E-state index < -0.39 is 18.0 Å². The average molecular weight is 486 g/mol. The highest BCUT2D eigenvalue weighted by Gasteiger charge is 2.32. The minimum absolute atomic E-state index is 0.0223. The van der Waals surface area contributed by atoms with Gasteiger partial charge in [0.25, 0.3) is 0 Å². The molecule has 1 heterocycles. The predicted molar refractivity (Wildman–Crippen MR) is 117 cm³/mol. The zero-order chi connectivity index (χ0) is 24.6. The van der Waals surface area contributed by atoms with E-state index in [1.807, 2.05) is 0 Å². The summed E-state index contributed by atoms with van der Waals surface area (Å²) in [6, 6.07) is 5.90. The van der Waals surface area contributed by atoms with Gasteiger partial charge in [0.2, 0.25) is 11.8 Å². The third-order valence-electron chi connectivity index (χ3n) is 5.53. The smallest absolute Gasteiger partial charge is 0.405 e. The van der Waals surface area contributed by atoms with Gasteiger partial charge in [-0.15, -0.1) is 13.2 Å². The normalized spacial score (nSPS) is 18.4. The van der Waals surface area contributed by atoms with Gasteiger partial charge in [0.1, 0.15) is 18.6 Å². The largest absolute Gasteiger partial charge is 0.573 e. The molecule has 34 heavy (non-hydrogen) atoms. The number of nitro groups is 1. The summed E-state index contributed by atoms with van der Waals surface area (Å²) in [7, 11) is 0. The Kier molecular flexibility index (Phi) is 8.79. The lowest BCUT2D eigenvalue weighted by atomic mass is 9.86. The number of hydrogen-bond donors (Lipinski definition) is 3. The molecule has 2 aromatic rings. The Balaban J connectivity index is 1.62. The average Bonchev–Trinajstić information content (AvgIpc) is 2.80. The minimum atomic E-state index is -4.83. The van der Waals surface area contributed by atoms with Crippen LogP contribution in [0.5, 0.6) is 5.75 Å². The van der Waals surface area contributed by atoms with Crippen LogP contribution in [0.2, 0.25) is 0 Å². The summed E-state index contributed by atoms with van der Waals surface area (Å²) in [5, 5.41) is 20.3. The molecule has 0 amide bonds. The van der Waals surface area contributed by atoms with Crippen molar-refractivity contribution < 1.29 is 27.2 Å². The Bertz CT molecular complexity index is 954. The molecule has 0 atom stereocenters. The van der Waals surface area contributed by atoms with E-state index in [4.69, 9.17) is 0 Å². The quantitative estimate of drug-likeness (QED) is 0.243. The summed E-state index contributed by atoms with van der Waals surface area (Å²) in [5.41, 5.74) is -0.0842. The van der Waals surface area contributed by atoms with Crippen molar-refractivity contribution in [1.82, 2.24) is 15.3 Å². The fourth-order valence-corrected chi connectivity index (χ4v) is 3.84. The van der Waals surface area contributed by atoms with Crippen LogP contribution >= 0.6 is 0 Å². The van der Waals surface area contributed by atoms with Crippen molar-refractivity contribution in [2.45, 2.75) is 44.6 Å². The molecule has 0 saturated heterocycles. The molecule has 9 nitrogen and oxygen atoms in total. The van der Waals surface area contributed by atoms with E-state index in [1.54, 1.807) is 6.07 Å². The molecule has 0 bridgehead atoms. The maximum atomic E-state index is 12.6. The first-order chi connectivity index (χ1) is 16.2. The number of rotatable bonds is 11. The molecule has 1 aromatic carbocycles. The van der Waals surface area contributed by atoms with E-state index in [0.29, 0.717) is 13.1 Å². The van der Waals surface area contributed by atoms with Crippen molar-refractivity contribution in [3.63, 3.8) is 0 Å². The van der Waals surface area contributed by atoms with Gasteiger partial charge in [0.05, 0.1) is 4.92 Å². The number of ether oxygens (including phenoxy) is 1. The van der Waals surface area contributed by atoms with Gasteiger partial charge in [0, 0.05) is 31.2 Å². The van der Waals surface area contributed by atoms with E-state index in [1.165, 1.54) is 18.2 Å². The minimum Gasteiger partial charge on any atom is -0.405 e. The fraction of sp³-hybridized carbons (Fsp3) is 0.524. The lowest BCUT2D eigenvalue weighted by molar-refractivity contribution is -0.384. The number of benzene rings is 1. The summed E-state index contributed by atoms with van der Waals surface area (Å²) in [6.07, 6.45) is -0.226. The number of hydrogen-bond acceptors (Lipinski definition) is 8. The molecule has 0 aliphatic heterocycles. The first-order valence-corrected chi connectivity index (χ1v) is 10.9. The number of halogens is 4. The van der Waals surface area contributed by atoms with Crippen molar-refractivity contribution >= 4 is 17.5 Å². The van der Waals surface area contributed by atoms with Gasteiger partial charge in [-0.2, -0.15) is 4.98 Å². The zero-order valence-corrected chi connectivity index (χ0v) is 18.3.